The number of likely N-dealkylation sites (tertiary alicyclic amines) is 1. The second kappa shape index (κ2) is 10.1. The van der Waals surface area contributed by atoms with Crippen LogP contribution in [0.4, 0.5) is 18.0 Å². The zero-order valence-corrected chi connectivity index (χ0v) is 20.2. The summed E-state index contributed by atoms with van der Waals surface area (Å²) in [6, 6.07) is 5.16. The van der Waals surface area contributed by atoms with Gasteiger partial charge >= 0.3 is 12.2 Å². The van der Waals surface area contributed by atoms with E-state index in [2.05, 4.69) is 10.1 Å². The fourth-order valence-corrected chi connectivity index (χ4v) is 4.70. The third-order valence-corrected chi connectivity index (χ3v) is 6.59. The molecule has 8 nitrogen and oxygen atoms in total. The van der Waals surface area contributed by atoms with Crippen LogP contribution in [-0.4, -0.2) is 79.1 Å². The smallest absolute Gasteiger partial charge is 0.384 e. The molecule has 2 unspecified atom stereocenters. The topological polar surface area (TPSA) is 80.9 Å². The Labute approximate surface area is 202 Å². The lowest BCUT2D eigenvalue weighted by atomic mass is 9.84. The normalized spacial score (nSPS) is 21.9. The number of carbonyl (C=O) groups is 1. The van der Waals surface area contributed by atoms with Crippen LogP contribution in [0.2, 0.25) is 0 Å². The zero-order valence-electron chi connectivity index (χ0n) is 20.2. The highest BCUT2D eigenvalue weighted by atomic mass is 19.4. The summed E-state index contributed by atoms with van der Waals surface area (Å²) in [7, 11) is 1.60. The summed E-state index contributed by atoms with van der Waals surface area (Å²) in [5.41, 5.74) is -0.650. The van der Waals surface area contributed by atoms with Gasteiger partial charge in [-0.2, -0.15) is 18.2 Å². The average Bonchev–Trinajstić information content (AvgIpc) is 3.35. The van der Waals surface area contributed by atoms with Gasteiger partial charge in [0, 0.05) is 39.2 Å². The predicted molar refractivity (Wildman–Crippen MR) is 120 cm³/mol. The molecular formula is C24H31F3N4O4. The first-order valence-electron chi connectivity index (χ1n) is 11.7. The van der Waals surface area contributed by atoms with Crippen molar-refractivity contribution in [3.63, 3.8) is 0 Å². The molecule has 0 saturated carbocycles. The number of benzene rings is 1. The number of piperidine rings is 1. The number of morpholine rings is 1. The van der Waals surface area contributed by atoms with Crippen molar-refractivity contribution in [2.45, 2.75) is 43.7 Å². The Kier molecular flexibility index (Phi) is 7.37. The Morgan fingerprint density at radius 2 is 1.86 bits per heavy atom. The van der Waals surface area contributed by atoms with Crippen molar-refractivity contribution >= 4 is 6.03 Å². The summed E-state index contributed by atoms with van der Waals surface area (Å²) in [4.78, 5) is 21.3. The molecule has 3 heterocycles. The van der Waals surface area contributed by atoms with Crippen molar-refractivity contribution in [3.05, 3.63) is 47.1 Å². The molecule has 2 atom stereocenters. The van der Waals surface area contributed by atoms with Gasteiger partial charge < -0.3 is 23.8 Å². The van der Waals surface area contributed by atoms with E-state index >= 15 is 0 Å². The standard InChI is InChI=1S/C24H31F3N4O4/c1-23(2,15-33-3)21-28-20(35-29-21)18-11-17(16-5-4-6-19(12-16)24(25,26)27)13-31(14-18)22(32)30-7-9-34-10-8-30/h4-6,12,17-18H,7-11,13-15H2,1-3H3. The predicted octanol–water partition coefficient (Wildman–Crippen LogP) is 4.04. The molecule has 35 heavy (non-hydrogen) atoms. The number of methoxy groups -OCH3 is 1. The summed E-state index contributed by atoms with van der Waals surface area (Å²) in [5.74, 6) is 0.235. The number of urea groups is 1. The molecule has 2 aliphatic heterocycles. The zero-order chi connectivity index (χ0) is 25.2. The van der Waals surface area contributed by atoms with Gasteiger partial charge in [-0.15, -0.1) is 0 Å². The Morgan fingerprint density at radius 1 is 1.14 bits per heavy atom. The maximum Gasteiger partial charge on any atom is 0.416 e. The monoisotopic (exact) mass is 496 g/mol. The van der Waals surface area contributed by atoms with Crippen molar-refractivity contribution in [2.75, 3.05) is 53.1 Å². The number of nitrogens with zero attached hydrogens (tertiary/aromatic N) is 4. The van der Waals surface area contributed by atoms with Gasteiger partial charge in [-0.1, -0.05) is 37.2 Å². The van der Waals surface area contributed by atoms with Crippen LogP contribution in [0.15, 0.2) is 28.8 Å². The van der Waals surface area contributed by atoms with Crippen LogP contribution < -0.4 is 0 Å². The van der Waals surface area contributed by atoms with Gasteiger partial charge in [-0.3, -0.25) is 0 Å². The summed E-state index contributed by atoms with van der Waals surface area (Å²) in [5, 5.41) is 4.14. The molecule has 2 aromatic rings. The first-order valence-corrected chi connectivity index (χ1v) is 11.7. The van der Waals surface area contributed by atoms with Crippen LogP contribution in [0.5, 0.6) is 0 Å². The van der Waals surface area contributed by atoms with E-state index in [0.717, 1.165) is 6.07 Å². The van der Waals surface area contributed by atoms with Crippen molar-refractivity contribution in [3.8, 4) is 0 Å². The number of aromatic nitrogens is 2. The van der Waals surface area contributed by atoms with E-state index in [9.17, 15) is 18.0 Å². The van der Waals surface area contributed by atoms with Gasteiger partial charge in [0.25, 0.3) is 0 Å². The SMILES string of the molecule is COCC(C)(C)c1noc(C2CC(c3cccc(C(F)(F)F)c3)CN(C(=O)N3CCOCC3)C2)n1. The molecular weight excluding hydrogens is 465 g/mol. The second-order valence-corrected chi connectivity index (χ2v) is 9.81. The van der Waals surface area contributed by atoms with Gasteiger partial charge in [0.05, 0.1) is 36.7 Å². The molecule has 2 amide bonds. The molecule has 0 spiro atoms. The molecule has 4 rings (SSSR count). The number of halogens is 3. The number of carbonyl (C=O) groups excluding carboxylic acids is 1. The van der Waals surface area contributed by atoms with Gasteiger partial charge in [0.2, 0.25) is 5.89 Å². The van der Waals surface area contributed by atoms with Gasteiger partial charge in [-0.05, 0) is 18.1 Å². The highest BCUT2D eigenvalue weighted by molar-refractivity contribution is 5.75. The van der Waals surface area contributed by atoms with E-state index in [1.165, 1.54) is 12.1 Å². The van der Waals surface area contributed by atoms with E-state index in [1.807, 2.05) is 13.8 Å². The lowest BCUT2D eigenvalue weighted by Crippen LogP contribution is -2.52. The summed E-state index contributed by atoms with van der Waals surface area (Å²) in [6.07, 6.45) is -3.96. The fraction of sp³-hybridized carbons (Fsp3) is 0.625. The number of alkyl halides is 3. The van der Waals surface area contributed by atoms with Crippen LogP contribution in [0, 0.1) is 0 Å². The minimum absolute atomic E-state index is 0.158. The first-order chi connectivity index (χ1) is 16.6. The van der Waals surface area contributed by atoms with Gasteiger partial charge in [0.15, 0.2) is 5.82 Å². The minimum atomic E-state index is -4.44. The van der Waals surface area contributed by atoms with Crippen LogP contribution >= 0.6 is 0 Å². The van der Waals surface area contributed by atoms with Crippen molar-refractivity contribution in [1.82, 2.24) is 19.9 Å². The van der Waals surface area contributed by atoms with Crippen molar-refractivity contribution in [1.29, 1.82) is 0 Å². The Bertz CT molecular complexity index is 1020. The van der Waals surface area contributed by atoms with E-state index in [-0.39, 0.29) is 17.9 Å². The molecule has 1 aromatic carbocycles. The number of ether oxygens (including phenoxy) is 2. The van der Waals surface area contributed by atoms with Crippen LogP contribution in [0.3, 0.4) is 0 Å². The van der Waals surface area contributed by atoms with Crippen molar-refractivity contribution in [2.24, 2.45) is 0 Å². The van der Waals surface area contributed by atoms with Crippen molar-refractivity contribution < 1.29 is 32.0 Å². The number of amides is 2. The average molecular weight is 497 g/mol. The molecule has 2 saturated heterocycles. The number of hydrogen-bond donors (Lipinski definition) is 0. The maximum absolute atomic E-state index is 13.4. The minimum Gasteiger partial charge on any atom is -0.384 e. The molecule has 0 aliphatic carbocycles. The molecule has 192 valence electrons. The van der Waals surface area contributed by atoms with Crippen LogP contribution in [0.25, 0.3) is 0 Å². The quantitative estimate of drug-likeness (QED) is 0.622. The van der Waals surface area contributed by atoms with Crippen LogP contribution in [-0.2, 0) is 21.1 Å². The van der Waals surface area contributed by atoms with E-state index in [1.54, 1.807) is 23.0 Å². The first kappa shape index (κ1) is 25.4. The molecule has 2 fully saturated rings. The molecule has 11 heteroatoms. The number of rotatable bonds is 5. The van der Waals surface area contributed by atoms with Gasteiger partial charge in [0.1, 0.15) is 0 Å². The highest BCUT2D eigenvalue weighted by Gasteiger charge is 2.38. The summed E-state index contributed by atoms with van der Waals surface area (Å²) < 4.78 is 56.3. The number of hydrogen-bond acceptors (Lipinski definition) is 6. The lowest BCUT2D eigenvalue weighted by molar-refractivity contribution is -0.137. The summed E-state index contributed by atoms with van der Waals surface area (Å²) in [6.45, 7) is 6.79. The third kappa shape index (κ3) is 5.78. The van der Waals surface area contributed by atoms with E-state index < -0.39 is 17.2 Å². The molecule has 0 radical (unpaired) electrons. The summed E-state index contributed by atoms with van der Waals surface area (Å²) >= 11 is 0. The molecule has 0 N–H and O–H groups in total. The Morgan fingerprint density at radius 3 is 2.54 bits per heavy atom. The van der Waals surface area contributed by atoms with Gasteiger partial charge in [-0.25, -0.2) is 4.79 Å². The Balaban J connectivity index is 1.63. The largest absolute Gasteiger partial charge is 0.416 e. The van der Waals surface area contributed by atoms with E-state index in [0.29, 0.717) is 69.7 Å². The maximum atomic E-state index is 13.4. The molecule has 1 aromatic heterocycles. The lowest BCUT2D eigenvalue weighted by Gasteiger charge is -2.40. The fourth-order valence-electron chi connectivity index (χ4n) is 4.70. The Hall–Kier alpha value is -2.66. The third-order valence-electron chi connectivity index (χ3n) is 6.59. The van der Waals surface area contributed by atoms with E-state index in [4.69, 9.17) is 14.0 Å². The second-order valence-electron chi connectivity index (χ2n) is 9.81. The van der Waals surface area contributed by atoms with Crippen LogP contribution in [0.1, 0.15) is 54.9 Å². The molecule has 2 aliphatic rings. The molecule has 0 bridgehead atoms. The highest BCUT2D eigenvalue weighted by Crippen LogP contribution is 2.38.